The number of carboxylic acids is 1. The van der Waals surface area contributed by atoms with Crippen molar-refractivity contribution < 1.29 is 19.4 Å². The summed E-state index contributed by atoms with van der Waals surface area (Å²) in [5, 5.41) is 12.2. The van der Waals surface area contributed by atoms with Crippen molar-refractivity contribution in [1.29, 1.82) is 0 Å². The van der Waals surface area contributed by atoms with Crippen molar-refractivity contribution in [3.63, 3.8) is 0 Å². The van der Waals surface area contributed by atoms with Crippen LogP contribution in [0.2, 0.25) is 0 Å². The third kappa shape index (κ3) is 4.07. The maximum Gasteiger partial charge on any atom is 0.308 e. The minimum absolute atomic E-state index is 0.00383. The summed E-state index contributed by atoms with van der Waals surface area (Å²) >= 11 is 0. The molecule has 2 rings (SSSR count). The third-order valence-corrected chi connectivity index (χ3v) is 4.29. The Bertz CT molecular complexity index is 374. The number of ether oxygens (including phenoxy) is 1. The maximum absolute atomic E-state index is 12.0. The van der Waals surface area contributed by atoms with Crippen LogP contribution in [0.3, 0.4) is 0 Å². The SMILES string of the molecule is O=C(NCC(C(=O)O)C1CCOCC1)C1CC=CCC1. The van der Waals surface area contributed by atoms with Gasteiger partial charge in [0.15, 0.2) is 0 Å². The molecule has 1 aliphatic heterocycles. The lowest BCUT2D eigenvalue weighted by Crippen LogP contribution is -2.41. The van der Waals surface area contributed by atoms with E-state index in [1.54, 1.807) is 0 Å². The number of nitrogens with one attached hydrogen (secondary N) is 1. The number of carbonyl (C=O) groups excluding carboxylic acids is 1. The van der Waals surface area contributed by atoms with E-state index in [-0.39, 0.29) is 24.3 Å². The lowest BCUT2D eigenvalue weighted by Gasteiger charge is -2.28. The van der Waals surface area contributed by atoms with Gasteiger partial charge in [0.2, 0.25) is 5.91 Å². The van der Waals surface area contributed by atoms with Crippen LogP contribution < -0.4 is 5.32 Å². The molecule has 1 aliphatic carbocycles. The summed E-state index contributed by atoms with van der Waals surface area (Å²) < 4.78 is 5.26. The summed E-state index contributed by atoms with van der Waals surface area (Å²) in [4.78, 5) is 23.4. The monoisotopic (exact) mass is 281 g/mol. The van der Waals surface area contributed by atoms with Crippen LogP contribution in [0.15, 0.2) is 12.2 Å². The number of rotatable bonds is 5. The van der Waals surface area contributed by atoms with E-state index in [1.807, 2.05) is 6.08 Å². The van der Waals surface area contributed by atoms with Crippen LogP contribution in [0.25, 0.3) is 0 Å². The van der Waals surface area contributed by atoms with E-state index in [0.717, 1.165) is 32.1 Å². The Morgan fingerprint density at radius 1 is 1.25 bits per heavy atom. The zero-order valence-corrected chi connectivity index (χ0v) is 11.7. The van der Waals surface area contributed by atoms with Crippen molar-refractivity contribution >= 4 is 11.9 Å². The topological polar surface area (TPSA) is 75.6 Å². The van der Waals surface area contributed by atoms with Gasteiger partial charge in [-0.05, 0) is 38.0 Å². The molecule has 1 saturated heterocycles. The Balaban J connectivity index is 1.83. The Morgan fingerprint density at radius 3 is 2.60 bits per heavy atom. The normalized spacial score (nSPS) is 25.1. The van der Waals surface area contributed by atoms with Crippen LogP contribution in [-0.2, 0) is 14.3 Å². The van der Waals surface area contributed by atoms with Crippen molar-refractivity contribution in [1.82, 2.24) is 5.32 Å². The zero-order chi connectivity index (χ0) is 14.4. The number of hydrogen-bond donors (Lipinski definition) is 2. The second kappa shape index (κ2) is 7.43. The standard InChI is InChI=1S/C15H23NO4/c17-14(12-4-2-1-3-5-12)16-10-13(15(18)19)11-6-8-20-9-7-11/h1-2,11-13H,3-10H2,(H,16,17)(H,18,19). The molecule has 1 heterocycles. The molecule has 1 amide bonds. The van der Waals surface area contributed by atoms with Gasteiger partial charge in [-0.15, -0.1) is 0 Å². The summed E-state index contributed by atoms with van der Waals surface area (Å²) in [6.07, 6.45) is 8.20. The first kappa shape index (κ1) is 15.0. The molecule has 5 heteroatoms. The molecule has 2 unspecified atom stereocenters. The second-order valence-electron chi connectivity index (χ2n) is 5.62. The fraction of sp³-hybridized carbons (Fsp3) is 0.733. The van der Waals surface area contributed by atoms with Crippen molar-refractivity contribution in [2.24, 2.45) is 17.8 Å². The minimum Gasteiger partial charge on any atom is -0.481 e. The molecule has 1 fully saturated rings. The zero-order valence-electron chi connectivity index (χ0n) is 11.7. The highest BCUT2D eigenvalue weighted by atomic mass is 16.5. The van der Waals surface area contributed by atoms with Crippen LogP contribution in [-0.4, -0.2) is 36.7 Å². The first-order valence-corrected chi connectivity index (χ1v) is 7.41. The van der Waals surface area contributed by atoms with Gasteiger partial charge in [0.1, 0.15) is 0 Å². The molecule has 0 aromatic rings. The smallest absolute Gasteiger partial charge is 0.308 e. The number of carboxylic acid groups (broad SMARTS) is 1. The summed E-state index contributed by atoms with van der Waals surface area (Å²) in [6, 6.07) is 0. The average Bonchev–Trinajstić information content (AvgIpc) is 2.49. The van der Waals surface area contributed by atoms with Crippen molar-refractivity contribution in [3.8, 4) is 0 Å². The predicted molar refractivity (Wildman–Crippen MR) is 74.2 cm³/mol. The van der Waals surface area contributed by atoms with Crippen molar-refractivity contribution in [2.45, 2.75) is 32.1 Å². The molecule has 2 atom stereocenters. The molecule has 0 aromatic heterocycles. The molecule has 0 spiro atoms. The molecule has 112 valence electrons. The van der Waals surface area contributed by atoms with Crippen LogP contribution >= 0.6 is 0 Å². The largest absolute Gasteiger partial charge is 0.481 e. The molecule has 0 saturated carbocycles. The van der Waals surface area contributed by atoms with E-state index in [2.05, 4.69) is 11.4 Å². The van der Waals surface area contributed by atoms with E-state index in [9.17, 15) is 14.7 Å². The molecular formula is C15H23NO4. The number of aliphatic carboxylic acids is 1. The number of hydrogen-bond acceptors (Lipinski definition) is 3. The molecule has 2 aliphatic rings. The van der Waals surface area contributed by atoms with Gasteiger partial charge in [-0.25, -0.2) is 0 Å². The first-order valence-electron chi connectivity index (χ1n) is 7.41. The van der Waals surface area contributed by atoms with Gasteiger partial charge in [0.25, 0.3) is 0 Å². The molecular weight excluding hydrogens is 258 g/mol. The van der Waals surface area contributed by atoms with Crippen molar-refractivity contribution in [3.05, 3.63) is 12.2 Å². The predicted octanol–water partition coefficient (Wildman–Crippen LogP) is 1.59. The summed E-state index contributed by atoms with van der Waals surface area (Å²) in [5.41, 5.74) is 0. The Morgan fingerprint density at radius 2 is 2.00 bits per heavy atom. The van der Waals surface area contributed by atoms with E-state index < -0.39 is 11.9 Å². The van der Waals surface area contributed by atoms with Gasteiger partial charge in [0, 0.05) is 25.7 Å². The molecule has 0 aromatic carbocycles. The highest BCUT2D eigenvalue weighted by Gasteiger charge is 2.30. The van der Waals surface area contributed by atoms with E-state index in [1.165, 1.54) is 0 Å². The van der Waals surface area contributed by atoms with E-state index in [4.69, 9.17) is 4.74 Å². The van der Waals surface area contributed by atoms with Crippen LogP contribution in [0, 0.1) is 17.8 Å². The molecule has 0 radical (unpaired) electrons. The summed E-state index contributed by atoms with van der Waals surface area (Å²) in [5.74, 6) is -1.22. The Hall–Kier alpha value is -1.36. The van der Waals surface area contributed by atoms with Crippen molar-refractivity contribution in [2.75, 3.05) is 19.8 Å². The highest BCUT2D eigenvalue weighted by Crippen LogP contribution is 2.24. The fourth-order valence-electron chi connectivity index (χ4n) is 2.96. The lowest BCUT2D eigenvalue weighted by atomic mass is 9.85. The fourth-order valence-corrected chi connectivity index (χ4v) is 2.96. The third-order valence-electron chi connectivity index (χ3n) is 4.29. The van der Waals surface area contributed by atoms with E-state index >= 15 is 0 Å². The average molecular weight is 281 g/mol. The van der Waals surface area contributed by atoms with Gasteiger partial charge in [0.05, 0.1) is 5.92 Å². The quantitative estimate of drug-likeness (QED) is 0.750. The summed E-state index contributed by atoms with van der Waals surface area (Å²) in [6.45, 7) is 1.48. The van der Waals surface area contributed by atoms with Gasteiger partial charge in [-0.1, -0.05) is 12.2 Å². The van der Waals surface area contributed by atoms with Crippen LogP contribution in [0.1, 0.15) is 32.1 Å². The van der Waals surface area contributed by atoms with Gasteiger partial charge >= 0.3 is 5.97 Å². The number of carbonyl (C=O) groups is 2. The first-order chi connectivity index (χ1) is 9.68. The van der Waals surface area contributed by atoms with Gasteiger partial charge in [-0.2, -0.15) is 0 Å². The minimum atomic E-state index is -0.819. The molecule has 2 N–H and O–H groups in total. The number of amides is 1. The second-order valence-corrected chi connectivity index (χ2v) is 5.62. The molecule has 20 heavy (non-hydrogen) atoms. The van der Waals surface area contributed by atoms with E-state index in [0.29, 0.717) is 13.2 Å². The maximum atomic E-state index is 12.0. The Kier molecular flexibility index (Phi) is 5.59. The Labute approximate surface area is 119 Å². The lowest BCUT2D eigenvalue weighted by molar-refractivity contribution is -0.145. The van der Waals surface area contributed by atoms with Gasteiger partial charge in [-0.3, -0.25) is 9.59 Å². The summed E-state index contributed by atoms with van der Waals surface area (Å²) in [7, 11) is 0. The van der Waals surface area contributed by atoms with Gasteiger partial charge < -0.3 is 15.2 Å². The van der Waals surface area contributed by atoms with Crippen LogP contribution in [0.5, 0.6) is 0 Å². The molecule has 5 nitrogen and oxygen atoms in total. The number of allylic oxidation sites excluding steroid dienone is 2. The highest BCUT2D eigenvalue weighted by molar-refractivity contribution is 5.80. The molecule has 0 bridgehead atoms. The van der Waals surface area contributed by atoms with Crippen LogP contribution in [0.4, 0.5) is 0 Å².